The molecular formula is C17H14FN3O5S. The lowest BCUT2D eigenvalue weighted by molar-refractivity contribution is 0.0727. The van der Waals surface area contributed by atoms with Crippen molar-refractivity contribution in [2.45, 2.75) is 4.90 Å². The molecule has 0 aliphatic carbocycles. The summed E-state index contributed by atoms with van der Waals surface area (Å²) in [5, 5.41) is 3.72. The molecular weight excluding hydrogens is 377 g/mol. The highest BCUT2D eigenvalue weighted by atomic mass is 32.2. The number of esters is 1. The summed E-state index contributed by atoms with van der Waals surface area (Å²) >= 11 is 0. The van der Waals surface area contributed by atoms with Gasteiger partial charge in [0.2, 0.25) is 5.88 Å². The van der Waals surface area contributed by atoms with E-state index in [2.05, 4.69) is 5.10 Å². The summed E-state index contributed by atoms with van der Waals surface area (Å²) in [6, 6.07) is 11.4. The van der Waals surface area contributed by atoms with E-state index in [-0.39, 0.29) is 22.2 Å². The molecule has 0 bridgehead atoms. The first-order valence-electron chi connectivity index (χ1n) is 7.54. The summed E-state index contributed by atoms with van der Waals surface area (Å²) in [6.07, 6.45) is 0. The predicted molar refractivity (Wildman–Crippen MR) is 93.6 cm³/mol. The van der Waals surface area contributed by atoms with Gasteiger partial charge in [-0.05, 0) is 48.5 Å². The molecule has 0 spiro atoms. The van der Waals surface area contributed by atoms with Crippen LogP contribution in [0.15, 0.2) is 59.5 Å². The minimum Gasteiger partial charge on any atom is -0.497 e. The molecule has 0 aliphatic heterocycles. The van der Waals surface area contributed by atoms with Crippen LogP contribution in [0.4, 0.5) is 10.2 Å². The third kappa shape index (κ3) is 3.75. The van der Waals surface area contributed by atoms with Gasteiger partial charge in [-0.1, -0.05) is 0 Å². The molecule has 0 fully saturated rings. The van der Waals surface area contributed by atoms with Crippen LogP contribution in [0.25, 0.3) is 0 Å². The standard InChI is InChI=1S/C17H14FN3O5S/c1-25-13-6-2-11(3-7-13)17(22)26-16-10-15(19)21(20-16)27(23,24)14-8-4-12(18)5-9-14/h2-10H,19H2,1H3. The quantitative estimate of drug-likeness (QED) is 0.662. The number of ether oxygens (including phenoxy) is 2. The molecule has 10 heteroatoms. The fourth-order valence-electron chi connectivity index (χ4n) is 2.19. The summed E-state index contributed by atoms with van der Waals surface area (Å²) in [4.78, 5) is 11.9. The average molecular weight is 391 g/mol. The lowest BCUT2D eigenvalue weighted by Gasteiger charge is -2.05. The Morgan fingerprint density at radius 1 is 1.11 bits per heavy atom. The van der Waals surface area contributed by atoms with Crippen LogP contribution in [-0.2, 0) is 10.0 Å². The smallest absolute Gasteiger partial charge is 0.344 e. The normalized spacial score (nSPS) is 11.2. The number of aromatic nitrogens is 2. The third-order valence-corrected chi connectivity index (χ3v) is 5.16. The number of methoxy groups -OCH3 is 1. The maximum Gasteiger partial charge on any atom is 0.344 e. The number of rotatable bonds is 5. The Morgan fingerprint density at radius 3 is 2.33 bits per heavy atom. The van der Waals surface area contributed by atoms with Gasteiger partial charge >= 0.3 is 5.97 Å². The second-order valence-corrected chi connectivity index (χ2v) is 7.09. The Morgan fingerprint density at radius 2 is 1.74 bits per heavy atom. The van der Waals surface area contributed by atoms with Gasteiger partial charge in [-0.25, -0.2) is 9.18 Å². The Hall–Kier alpha value is -3.40. The van der Waals surface area contributed by atoms with E-state index in [9.17, 15) is 17.6 Å². The van der Waals surface area contributed by atoms with Crippen molar-refractivity contribution in [3.05, 3.63) is 66.0 Å². The number of nitrogens with zero attached hydrogens (tertiary/aromatic N) is 2. The van der Waals surface area contributed by atoms with Crippen molar-refractivity contribution in [3.63, 3.8) is 0 Å². The largest absolute Gasteiger partial charge is 0.497 e. The van der Waals surface area contributed by atoms with Crippen LogP contribution in [0.5, 0.6) is 11.6 Å². The molecule has 1 aromatic heterocycles. The molecule has 0 saturated carbocycles. The van der Waals surface area contributed by atoms with Gasteiger partial charge in [0.15, 0.2) is 0 Å². The highest BCUT2D eigenvalue weighted by Gasteiger charge is 2.23. The van der Waals surface area contributed by atoms with Gasteiger partial charge in [-0.3, -0.25) is 0 Å². The molecule has 0 atom stereocenters. The summed E-state index contributed by atoms with van der Waals surface area (Å²) in [7, 11) is -2.68. The van der Waals surface area contributed by atoms with Crippen molar-refractivity contribution < 1.29 is 27.1 Å². The van der Waals surface area contributed by atoms with Crippen LogP contribution >= 0.6 is 0 Å². The van der Waals surface area contributed by atoms with Gasteiger partial charge in [-0.2, -0.15) is 8.42 Å². The zero-order valence-corrected chi connectivity index (χ0v) is 14.8. The van der Waals surface area contributed by atoms with Crippen molar-refractivity contribution in [3.8, 4) is 11.6 Å². The van der Waals surface area contributed by atoms with E-state index in [0.717, 1.165) is 30.3 Å². The predicted octanol–water partition coefficient (Wildman–Crippen LogP) is 2.07. The molecule has 140 valence electrons. The number of halogens is 1. The molecule has 3 rings (SSSR count). The molecule has 8 nitrogen and oxygen atoms in total. The third-order valence-electron chi connectivity index (χ3n) is 3.54. The SMILES string of the molecule is COc1ccc(C(=O)Oc2cc(N)n(S(=O)(=O)c3ccc(F)cc3)n2)cc1. The first-order valence-corrected chi connectivity index (χ1v) is 8.98. The fraction of sp³-hybridized carbons (Fsp3) is 0.0588. The molecule has 2 aromatic carbocycles. The fourth-order valence-corrected chi connectivity index (χ4v) is 3.39. The van der Waals surface area contributed by atoms with Crippen molar-refractivity contribution in [2.75, 3.05) is 12.8 Å². The number of anilines is 1. The summed E-state index contributed by atoms with van der Waals surface area (Å²) in [5.74, 6) is -1.33. The molecule has 27 heavy (non-hydrogen) atoms. The van der Waals surface area contributed by atoms with Gasteiger partial charge < -0.3 is 15.2 Å². The lowest BCUT2D eigenvalue weighted by atomic mass is 10.2. The Balaban J connectivity index is 1.85. The van der Waals surface area contributed by atoms with Crippen LogP contribution in [0.3, 0.4) is 0 Å². The maximum atomic E-state index is 13.0. The number of carbonyl (C=O) groups excluding carboxylic acids is 1. The molecule has 0 amide bonds. The Labute approximate surface area is 154 Å². The zero-order chi connectivity index (χ0) is 19.6. The van der Waals surface area contributed by atoms with E-state index in [1.54, 1.807) is 12.1 Å². The topological polar surface area (TPSA) is 114 Å². The minimum absolute atomic E-state index is 0.213. The van der Waals surface area contributed by atoms with E-state index in [4.69, 9.17) is 15.2 Å². The number of hydrogen-bond donors (Lipinski definition) is 1. The van der Waals surface area contributed by atoms with Gasteiger partial charge in [0.05, 0.1) is 17.6 Å². The van der Waals surface area contributed by atoms with Crippen molar-refractivity contribution in [1.29, 1.82) is 0 Å². The lowest BCUT2D eigenvalue weighted by Crippen LogP contribution is -2.17. The molecule has 0 radical (unpaired) electrons. The monoisotopic (exact) mass is 391 g/mol. The van der Waals surface area contributed by atoms with Crippen molar-refractivity contribution in [1.82, 2.24) is 9.19 Å². The molecule has 1 heterocycles. The minimum atomic E-state index is -4.17. The summed E-state index contributed by atoms with van der Waals surface area (Å²) in [6.45, 7) is 0. The molecule has 3 aromatic rings. The zero-order valence-electron chi connectivity index (χ0n) is 14.0. The first kappa shape index (κ1) is 18.4. The van der Waals surface area contributed by atoms with E-state index < -0.39 is 21.8 Å². The maximum absolute atomic E-state index is 13.0. The van der Waals surface area contributed by atoms with Crippen molar-refractivity contribution >= 4 is 21.8 Å². The Bertz CT molecular complexity index is 1080. The van der Waals surface area contributed by atoms with Crippen LogP contribution in [0.2, 0.25) is 0 Å². The van der Waals surface area contributed by atoms with Crippen LogP contribution < -0.4 is 15.2 Å². The summed E-state index contributed by atoms with van der Waals surface area (Å²) < 4.78 is 48.7. The molecule has 0 saturated heterocycles. The van der Waals surface area contributed by atoms with Gasteiger partial charge in [0, 0.05) is 6.07 Å². The van der Waals surface area contributed by atoms with Gasteiger partial charge in [-0.15, -0.1) is 9.19 Å². The number of benzene rings is 2. The number of carbonyl (C=O) groups is 1. The van der Waals surface area contributed by atoms with E-state index >= 15 is 0 Å². The molecule has 0 unspecified atom stereocenters. The average Bonchev–Trinajstić information content (AvgIpc) is 3.03. The van der Waals surface area contributed by atoms with Crippen LogP contribution in [0, 0.1) is 5.82 Å². The first-order chi connectivity index (χ1) is 12.8. The van der Waals surface area contributed by atoms with Gasteiger partial charge in [0.25, 0.3) is 10.0 Å². The highest BCUT2D eigenvalue weighted by Crippen LogP contribution is 2.22. The summed E-state index contributed by atoms with van der Waals surface area (Å²) in [5.41, 5.74) is 5.90. The van der Waals surface area contributed by atoms with Gasteiger partial charge in [0.1, 0.15) is 17.4 Å². The van der Waals surface area contributed by atoms with E-state index in [0.29, 0.717) is 9.84 Å². The second-order valence-electron chi connectivity index (χ2n) is 5.33. The van der Waals surface area contributed by atoms with E-state index in [1.807, 2.05) is 0 Å². The second kappa shape index (κ2) is 7.08. The Kier molecular flexibility index (Phi) is 4.82. The highest BCUT2D eigenvalue weighted by molar-refractivity contribution is 7.90. The molecule has 2 N–H and O–H groups in total. The number of nitrogen functional groups attached to an aromatic ring is 1. The van der Waals surface area contributed by atoms with Crippen LogP contribution in [0.1, 0.15) is 10.4 Å². The van der Waals surface area contributed by atoms with Crippen LogP contribution in [-0.4, -0.2) is 30.7 Å². The van der Waals surface area contributed by atoms with Crippen molar-refractivity contribution in [2.24, 2.45) is 0 Å². The molecule has 0 aliphatic rings. The number of nitrogens with two attached hydrogens (primary N) is 1. The van der Waals surface area contributed by atoms with E-state index in [1.165, 1.54) is 19.2 Å². The number of hydrogen-bond acceptors (Lipinski definition) is 7.